The third-order valence-corrected chi connectivity index (χ3v) is 13.2. The first kappa shape index (κ1) is 47.4. The smallest absolute Gasteiger partial charge is 0.417 e. The van der Waals surface area contributed by atoms with E-state index in [2.05, 4.69) is 0 Å². The molecule has 0 amide bonds. The minimum atomic E-state index is -5.48. The van der Waals surface area contributed by atoms with Crippen LogP contribution in [-0.2, 0) is 22.3 Å². The van der Waals surface area contributed by atoms with Crippen molar-refractivity contribution in [1.29, 1.82) is 0 Å². The Balaban J connectivity index is 1.97. The molecule has 60 heavy (non-hydrogen) atoms. The van der Waals surface area contributed by atoms with Crippen LogP contribution in [0.3, 0.4) is 0 Å². The number of methoxy groups -OCH3 is 3. The number of halogens is 6. The lowest BCUT2D eigenvalue weighted by Crippen LogP contribution is -2.30. The summed E-state index contributed by atoms with van der Waals surface area (Å²) in [5.41, 5.74) is -6.07. The molecule has 4 rings (SSSR count). The van der Waals surface area contributed by atoms with Gasteiger partial charge >= 0.3 is 12.4 Å². The van der Waals surface area contributed by atoms with Crippen molar-refractivity contribution in [3.05, 3.63) is 122 Å². The van der Waals surface area contributed by atoms with E-state index in [1.165, 1.54) is 19.2 Å². The van der Waals surface area contributed by atoms with Gasteiger partial charge in [0.2, 0.25) is 18.2 Å². The molecule has 2 atom stereocenters. The predicted molar refractivity (Wildman–Crippen MR) is 216 cm³/mol. The summed E-state index contributed by atoms with van der Waals surface area (Å²) in [5.74, 6) is -5.97. The van der Waals surface area contributed by atoms with Gasteiger partial charge in [-0.3, -0.25) is 19.2 Å². The Morgan fingerprint density at radius 2 is 1.02 bits per heavy atom. The van der Waals surface area contributed by atoms with Crippen LogP contribution >= 0.6 is 7.14 Å². The predicted octanol–water partition coefficient (Wildman–Crippen LogP) is 11.8. The normalized spacial score (nSPS) is 13.6. The van der Waals surface area contributed by atoms with E-state index in [1.807, 2.05) is 20.8 Å². The zero-order chi connectivity index (χ0) is 45.3. The maximum absolute atomic E-state index is 15.4. The molecule has 0 aliphatic heterocycles. The van der Waals surface area contributed by atoms with Crippen LogP contribution in [-0.4, -0.2) is 50.1 Å². The lowest BCUT2D eigenvalue weighted by molar-refractivity contribution is -0.143. The van der Waals surface area contributed by atoms with Crippen LogP contribution in [0.4, 0.5) is 26.3 Å². The van der Waals surface area contributed by atoms with Crippen molar-refractivity contribution in [2.75, 3.05) is 27.5 Å². The molecular formula is C45H47F6O8P. The summed E-state index contributed by atoms with van der Waals surface area (Å²) in [6, 6.07) is 11.8. The van der Waals surface area contributed by atoms with E-state index in [-0.39, 0.29) is 33.8 Å². The third kappa shape index (κ3) is 9.54. The van der Waals surface area contributed by atoms with Crippen molar-refractivity contribution < 1.29 is 64.3 Å². The molecule has 4 aromatic rings. The molecule has 322 valence electrons. The van der Waals surface area contributed by atoms with Crippen molar-refractivity contribution in [2.24, 2.45) is 5.92 Å². The number of ketones is 2. The number of carbonyl (C=O) groups excluding carboxylic acids is 4. The van der Waals surface area contributed by atoms with Gasteiger partial charge in [-0.1, -0.05) is 57.2 Å². The zero-order valence-electron chi connectivity index (χ0n) is 35.0. The van der Waals surface area contributed by atoms with Crippen LogP contribution in [0.1, 0.15) is 114 Å². The van der Waals surface area contributed by atoms with Crippen molar-refractivity contribution >= 4 is 29.8 Å². The Bertz CT molecular complexity index is 2290. The molecule has 0 saturated carbocycles. The van der Waals surface area contributed by atoms with Crippen molar-refractivity contribution in [1.82, 2.24) is 0 Å². The molecule has 15 heteroatoms. The quantitative estimate of drug-likeness (QED) is 0.0503. The molecule has 2 unspecified atom stereocenters. The van der Waals surface area contributed by atoms with E-state index in [9.17, 15) is 45.5 Å². The van der Waals surface area contributed by atoms with Crippen molar-refractivity contribution in [2.45, 2.75) is 79.1 Å². The van der Waals surface area contributed by atoms with Gasteiger partial charge in [0.25, 0.3) is 0 Å². The second-order valence-corrected chi connectivity index (χ2v) is 18.4. The fourth-order valence-corrected chi connectivity index (χ4v) is 9.98. The Kier molecular flexibility index (Phi) is 14.1. The van der Waals surface area contributed by atoms with E-state index >= 15 is 4.57 Å². The summed E-state index contributed by atoms with van der Waals surface area (Å²) in [5, 5.41) is 0. The average Bonchev–Trinajstić information content (AvgIpc) is 3.16. The summed E-state index contributed by atoms with van der Waals surface area (Å²) in [6.45, 7) is 12.3. The molecule has 0 heterocycles. The maximum atomic E-state index is 15.4. The number of hydrogen-bond acceptors (Lipinski definition) is 8. The van der Waals surface area contributed by atoms with Crippen LogP contribution in [0.15, 0.2) is 60.7 Å². The first-order valence-electron chi connectivity index (χ1n) is 18.8. The number of hydrogen-bond donors (Lipinski definition) is 0. The highest BCUT2D eigenvalue weighted by Gasteiger charge is 2.47. The topological polar surface area (TPSA) is 113 Å². The average molecular weight is 861 g/mol. The molecule has 0 bridgehead atoms. The van der Waals surface area contributed by atoms with Gasteiger partial charge in [-0.2, -0.15) is 26.3 Å². The van der Waals surface area contributed by atoms with Gasteiger partial charge in [-0.05, 0) is 85.9 Å². The van der Waals surface area contributed by atoms with E-state index in [1.54, 1.807) is 58.0 Å². The van der Waals surface area contributed by atoms with Gasteiger partial charge in [0.15, 0.2) is 11.6 Å². The molecule has 0 saturated heterocycles. The highest BCUT2D eigenvalue weighted by molar-refractivity contribution is 7.95. The maximum Gasteiger partial charge on any atom is 0.417 e. The molecule has 0 N–H and O–H groups in total. The number of benzene rings is 4. The minimum absolute atomic E-state index is 0.00105. The SMILES string of the molecule is COc1cc(OC)c(C(=O)C(CCCP(=O)(C(=O)c2c(C)cccc2C)C(=O)c2c(C)cc(C(C)(C)C)cc2C)C(=O)c2c(C(F)(F)F)cccc2C(F)(F)F)c(OC)c1. The standard InChI is InChI=1S/C45H47F6O8P/c1-24-14-11-15-25(2)35(24)41(54)60(56,42(55)36-26(3)20-28(21-27(36)4)43(5,6)7)19-13-16-30(40(53)38-33(58-9)22-29(57-8)23-34(38)59-10)39(52)37-31(44(46,47)48)17-12-18-32(37)45(49,50)51/h11-12,14-15,17-18,20-23,30H,13,16,19H2,1-10H3. The van der Waals surface area contributed by atoms with Gasteiger partial charge in [0, 0.05) is 35.0 Å². The van der Waals surface area contributed by atoms with E-state index in [0.717, 1.165) is 19.8 Å². The molecule has 0 aromatic heterocycles. The molecule has 0 aliphatic carbocycles. The Morgan fingerprint density at radius 1 is 0.600 bits per heavy atom. The summed E-state index contributed by atoms with van der Waals surface area (Å²) in [4.78, 5) is 58.4. The molecule has 4 aromatic carbocycles. The van der Waals surface area contributed by atoms with Gasteiger partial charge in [-0.15, -0.1) is 0 Å². The Hall–Kier alpha value is -5.23. The second kappa shape index (κ2) is 17.8. The fourth-order valence-electron chi connectivity index (χ4n) is 7.33. The lowest BCUT2D eigenvalue weighted by atomic mass is 9.82. The highest BCUT2D eigenvalue weighted by Crippen LogP contribution is 2.55. The summed E-state index contributed by atoms with van der Waals surface area (Å²) in [6.07, 6.45) is -13.2. The molecule has 0 aliphatic rings. The van der Waals surface area contributed by atoms with Gasteiger partial charge in [-0.25, -0.2) is 0 Å². The summed E-state index contributed by atoms with van der Waals surface area (Å²) >= 11 is 0. The van der Waals surface area contributed by atoms with E-state index < -0.39 is 89.3 Å². The molecule has 0 radical (unpaired) electrons. The van der Waals surface area contributed by atoms with Crippen molar-refractivity contribution in [3.8, 4) is 17.2 Å². The van der Waals surface area contributed by atoms with Crippen LogP contribution in [0.5, 0.6) is 17.2 Å². The molecule has 8 nitrogen and oxygen atoms in total. The second-order valence-electron chi connectivity index (χ2n) is 15.6. The van der Waals surface area contributed by atoms with E-state index in [0.29, 0.717) is 40.5 Å². The summed E-state index contributed by atoms with van der Waals surface area (Å²) in [7, 11) is -1.28. The van der Waals surface area contributed by atoms with Crippen LogP contribution in [0.2, 0.25) is 0 Å². The van der Waals surface area contributed by atoms with Gasteiger partial charge in [0.05, 0.1) is 38.4 Å². The molecular weight excluding hydrogens is 813 g/mol. The number of alkyl halides is 6. The van der Waals surface area contributed by atoms with Gasteiger partial charge in [0.1, 0.15) is 22.8 Å². The van der Waals surface area contributed by atoms with Crippen LogP contribution in [0, 0.1) is 33.6 Å². The number of rotatable bonds is 15. The zero-order valence-corrected chi connectivity index (χ0v) is 35.8. The largest absolute Gasteiger partial charge is 0.496 e. The number of carbonyl (C=O) groups is 4. The number of Topliss-reactive ketones (excluding diaryl/α,β-unsaturated/α-hetero) is 2. The summed E-state index contributed by atoms with van der Waals surface area (Å²) < 4.78 is 118. The fraction of sp³-hybridized carbons (Fsp3) is 0.378. The van der Waals surface area contributed by atoms with Crippen molar-refractivity contribution in [3.63, 3.8) is 0 Å². The van der Waals surface area contributed by atoms with Crippen LogP contribution < -0.4 is 14.2 Å². The lowest BCUT2D eigenvalue weighted by Gasteiger charge is -2.25. The number of aryl methyl sites for hydroxylation is 4. The number of ether oxygens (including phenoxy) is 3. The van der Waals surface area contributed by atoms with E-state index in [4.69, 9.17) is 14.2 Å². The first-order chi connectivity index (χ1) is 27.7. The van der Waals surface area contributed by atoms with Gasteiger partial charge < -0.3 is 18.8 Å². The monoisotopic (exact) mass is 860 g/mol. The Morgan fingerprint density at radius 3 is 1.42 bits per heavy atom. The molecule has 0 fully saturated rings. The van der Waals surface area contributed by atoms with Crippen LogP contribution in [0.25, 0.3) is 0 Å². The Labute approximate surface area is 345 Å². The third-order valence-electron chi connectivity index (χ3n) is 10.4. The first-order valence-corrected chi connectivity index (χ1v) is 20.7. The highest BCUT2D eigenvalue weighted by atomic mass is 31.2. The molecule has 0 spiro atoms. The minimum Gasteiger partial charge on any atom is -0.496 e.